The molecule has 0 atom stereocenters. The SMILES string of the molecule is O=S(=O)(Cc1ccccc1)Cc1ccc(-c2ccc3c(c2)CCC2(CCN(CC(Cl)(Cl)Cl)CC2)O3)cc1. The molecule has 3 aromatic carbocycles. The van der Waals surface area contributed by atoms with Gasteiger partial charge in [-0.2, -0.15) is 0 Å². The average molecular weight is 579 g/mol. The van der Waals surface area contributed by atoms with Gasteiger partial charge < -0.3 is 4.74 Å². The Balaban J connectivity index is 1.22. The molecule has 2 heterocycles. The molecule has 4 nitrogen and oxygen atoms in total. The van der Waals surface area contributed by atoms with Crippen molar-refractivity contribution < 1.29 is 13.2 Å². The van der Waals surface area contributed by atoms with Gasteiger partial charge in [-0.1, -0.05) is 95.5 Å². The summed E-state index contributed by atoms with van der Waals surface area (Å²) in [5.74, 6) is 1.03. The van der Waals surface area contributed by atoms with Crippen molar-refractivity contribution in [2.45, 2.75) is 46.6 Å². The summed E-state index contributed by atoms with van der Waals surface area (Å²) in [5, 5.41) is 0. The fourth-order valence-electron chi connectivity index (χ4n) is 5.35. The molecule has 1 saturated heterocycles. The highest BCUT2D eigenvalue weighted by Gasteiger charge is 2.40. The van der Waals surface area contributed by atoms with Crippen molar-refractivity contribution in [1.82, 2.24) is 4.90 Å². The number of piperidine rings is 1. The molecule has 0 aromatic heterocycles. The fourth-order valence-corrected chi connectivity index (χ4v) is 7.36. The molecular weight excluding hydrogens is 549 g/mol. The lowest BCUT2D eigenvalue weighted by atomic mass is 9.82. The van der Waals surface area contributed by atoms with E-state index in [1.807, 2.05) is 54.6 Å². The molecule has 3 aromatic rings. The van der Waals surface area contributed by atoms with Crippen molar-refractivity contribution in [2.75, 3.05) is 19.6 Å². The zero-order valence-corrected chi connectivity index (χ0v) is 23.6. The lowest BCUT2D eigenvalue weighted by Gasteiger charge is -2.45. The van der Waals surface area contributed by atoms with Crippen molar-refractivity contribution in [2.24, 2.45) is 0 Å². The van der Waals surface area contributed by atoms with Crippen LogP contribution in [-0.4, -0.2) is 42.3 Å². The van der Waals surface area contributed by atoms with Crippen LogP contribution in [0.4, 0.5) is 0 Å². The number of likely N-dealkylation sites (tertiary alicyclic amines) is 1. The minimum atomic E-state index is -3.24. The highest BCUT2D eigenvalue weighted by Crippen LogP contribution is 2.41. The van der Waals surface area contributed by atoms with Gasteiger partial charge in [-0.25, -0.2) is 8.42 Å². The molecule has 37 heavy (non-hydrogen) atoms. The van der Waals surface area contributed by atoms with Gasteiger partial charge in [0.15, 0.2) is 9.84 Å². The second-order valence-electron chi connectivity index (χ2n) is 10.2. The quantitative estimate of drug-likeness (QED) is 0.296. The Morgan fingerprint density at radius 3 is 2.08 bits per heavy atom. The van der Waals surface area contributed by atoms with Crippen LogP contribution < -0.4 is 4.74 Å². The van der Waals surface area contributed by atoms with E-state index in [0.717, 1.165) is 66.8 Å². The Morgan fingerprint density at radius 1 is 0.811 bits per heavy atom. The number of alkyl halides is 3. The summed E-state index contributed by atoms with van der Waals surface area (Å²) in [7, 11) is -3.24. The first-order chi connectivity index (χ1) is 17.6. The van der Waals surface area contributed by atoms with E-state index in [9.17, 15) is 8.42 Å². The maximum Gasteiger partial charge on any atom is 0.203 e. The summed E-state index contributed by atoms with van der Waals surface area (Å²) in [6.45, 7) is 2.15. The van der Waals surface area contributed by atoms with Crippen LogP contribution in [0.1, 0.15) is 36.0 Å². The Hall–Kier alpha value is -1.76. The third-order valence-electron chi connectivity index (χ3n) is 7.31. The largest absolute Gasteiger partial charge is 0.487 e. The van der Waals surface area contributed by atoms with E-state index in [-0.39, 0.29) is 17.1 Å². The van der Waals surface area contributed by atoms with Crippen molar-refractivity contribution >= 4 is 44.6 Å². The van der Waals surface area contributed by atoms with Crippen LogP contribution in [0, 0.1) is 0 Å². The normalized spacial score (nSPS) is 17.8. The maximum absolute atomic E-state index is 12.7. The molecule has 2 aliphatic rings. The maximum atomic E-state index is 12.7. The Morgan fingerprint density at radius 2 is 1.43 bits per heavy atom. The van der Waals surface area contributed by atoms with Crippen LogP contribution in [0.5, 0.6) is 5.75 Å². The van der Waals surface area contributed by atoms with E-state index in [1.165, 1.54) is 5.56 Å². The standard InChI is InChI=1S/C29H30Cl3NO3S/c30-29(31,32)21-33-16-14-28(15-17-33)13-12-26-18-25(10-11-27(26)36-28)24-8-6-23(7-9-24)20-37(34,35)19-22-4-2-1-3-5-22/h1-11,18H,12-17,19-21H2. The summed E-state index contributed by atoms with van der Waals surface area (Å²) < 4.78 is 30.6. The van der Waals surface area contributed by atoms with Gasteiger partial charge in [0, 0.05) is 19.6 Å². The number of hydrogen-bond donors (Lipinski definition) is 0. The zero-order chi connectivity index (χ0) is 26.1. The van der Waals surface area contributed by atoms with E-state index < -0.39 is 13.6 Å². The molecule has 8 heteroatoms. The number of fused-ring (bicyclic) bond motifs is 1. The topological polar surface area (TPSA) is 46.6 Å². The van der Waals surface area contributed by atoms with E-state index in [0.29, 0.717) is 6.54 Å². The number of rotatable bonds is 6. The van der Waals surface area contributed by atoms with Gasteiger partial charge in [-0.15, -0.1) is 0 Å². The first-order valence-corrected chi connectivity index (χ1v) is 15.5. The number of ether oxygens (including phenoxy) is 1. The molecule has 0 saturated carbocycles. The second-order valence-corrected chi connectivity index (χ2v) is 14.8. The van der Waals surface area contributed by atoms with Crippen LogP contribution in [0.2, 0.25) is 0 Å². The van der Waals surface area contributed by atoms with E-state index in [4.69, 9.17) is 39.5 Å². The molecule has 1 spiro atoms. The zero-order valence-electron chi connectivity index (χ0n) is 20.5. The van der Waals surface area contributed by atoms with Gasteiger partial charge in [0.05, 0.1) is 11.5 Å². The van der Waals surface area contributed by atoms with Crippen molar-refractivity contribution in [3.8, 4) is 16.9 Å². The lowest BCUT2D eigenvalue weighted by Crippen LogP contribution is -2.51. The summed E-state index contributed by atoms with van der Waals surface area (Å²) in [6, 6.07) is 23.5. The monoisotopic (exact) mass is 577 g/mol. The van der Waals surface area contributed by atoms with Gasteiger partial charge >= 0.3 is 0 Å². The van der Waals surface area contributed by atoms with E-state index in [2.05, 4.69) is 23.1 Å². The summed E-state index contributed by atoms with van der Waals surface area (Å²) in [5.41, 5.74) is 4.84. The number of hydrogen-bond acceptors (Lipinski definition) is 4. The Labute approximate surface area is 234 Å². The van der Waals surface area contributed by atoms with Gasteiger partial charge in [0.25, 0.3) is 0 Å². The first-order valence-electron chi connectivity index (χ1n) is 12.5. The molecule has 1 fully saturated rings. The molecule has 5 rings (SSSR count). The van der Waals surface area contributed by atoms with Gasteiger partial charge in [0.2, 0.25) is 3.79 Å². The molecule has 0 N–H and O–H groups in total. The molecule has 196 valence electrons. The summed E-state index contributed by atoms with van der Waals surface area (Å²) >= 11 is 17.9. The summed E-state index contributed by atoms with van der Waals surface area (Å²) in [4.78, 5) is 2.19. The average Bonchev–Trinajstić information content (AvgIpc) is 2.85. The highest BCUT2D eigenvalue weighted by atomic mass is 35.6. The molecule has 0 aliphatic carbocycles. The molecule has 0 amide bonds. The fraction of sp³-hybridized carbons (Fsp3) is 0.379. The number of aryl methyl sites for hydroxylation is 1. The van der Waals surface area contributed by atoms with Crippen LogP contribution in [0.3, 0.4) is 0 Å². The highest BCUT2D eigenvalue weighted by molar-refractivity contribution is 7.89. The predicted molar refractivity (Wildman–Crippen MR) is 152 cm³/mol. The smallest absolute Gasteiger partial charge is 0.203 e. The lowest BCUT2D eigenvalue weighted by molar-refractivity contribution is -0.0139. The molecule has 0 bridgehead atoms. The van der Waals surface area contributed by atoms with Crippen LogP contribution in [-0.2, 0) is 27.8 Å². The van der Waals surface area contributed by atoms with Crippen molar-refractivity contribution in [3.05, 3.63) is 89.5 Å². The summed E-state index contributed by atoms with van der Waals surface area (Å²) in [6.07, 6.45) is 3.78. The van der Waals surface area contributed by atoms with Crippen molar-refractivity contribution in [1.29, 1.82) is 0 Å². The number of nitrogens with zero attached hydrogens (tertiary/aromatic N) is 1. The molecule has 0 unspecified atom stereocenters. The number of sulfone groups is 1. The van der Waals surface area contributed by atoms with Gasteiger partial charge in [0.1, 0.15) is 11.4 Å². The molecule has 0 radical (unpaired) electrons. The van der Waals surface area contributed by atoms with Crippen LogP contribution in [0.25, 0.3) is 11.1 Å². The number of benzene rings is 3. The Kier molecular flexibility index (Phi) is 7.82. The minimum Gasteiger partial charge on any atom is -0.487 e. The van der Waals surface area contributed by atoms with E-state index >= 15 is 0 Å². The molecular formula is C29H30Cl3NO3S. The predicted octanol–water partition coefficient (Wildman–Crippen LogP) is 7.00. The minimum absolute atomic E-state index is 0.0291. The third-order valence-corrected chi connectivity index (χ3v) is 9.22. The second kappa shape index (κ2) is 10.8. The van der Waals surface area contributed by atoms with Crippen LogP contribution in [0.15, 0.2) is 72.8 Å². The van der Waals surface area contributed by atoms with E-state index in [1.54, 1.807) is 0 Å². The Bertz CT molecular complexity index is 1330. The van der Waals surface area contributed by atoms with Gasteiger partial charge in [-0.3, -0.25) is 4.90 Å². The van der Waals surface area contributed by atoms with Gasteiger partial charge in [-0.05, 0) is 65.6 Å². The molecule has 2 aliphatic heterocycles. The number of halogens is 3. The first kappa shape index (κ1) is 26.8. The van der Waals surface area contributed by atoms with Crippen LogP contribution >= 0.6 is 34.8 Å². The third kappa shape index (κ3) is 7.01. The van der Waals surface area contributed by atoms with Crippen molar-refractivity contribution in [3.63, 3.8) is 0 Å².